The lowest BCUT2D eigenvalue weighted by molar-refractivity contribution is 0.157. The van der Waals surface area contributed by atoms with Crippen molar-refractivity contribution in [1.82, 2.24) is 19.5 Å². The second-order valence-electron chi connectivity index (χ2n) is 7.40. The van der Waals surface area contributed by atoms with E-state index in [1.807, 2.05) is 6.92 Å². The Morgan fingerprint density at radius 1 is 1.31 bits per heavy atom. The van der Waals surface area contributed by atoms with Crippen LogP contribution in [-0.4, -0.2) is 37.7 Å². The third-order valence-corrected chi connectivity index (χ3v) is 6.42. The van der Waals surface area contributed by atoms with Gasteiger partial charge in [0.05, 0.1) is 10.9 Å². The standard InChI is InChI=1S/C20H26N4OS/c1-4-16-21-20-24(22-16)19(25)18(26-20)17(15-7-5-6-14(3)12-15)23-10-8-13(2)9-11-23/h5-7,12-13,17,25H,4,8-11H2,1-3H3. The molecule has 0 amide bonds. The maximum absolute atomic E-state index is 10.9. The van der Waals surface area contributed by atoms with E-state index in [-0.39, 0.29) is 11.9 Å². The summed E-state index contributed by atoms with van der Waals surface area (Å²) in [5.41, 5.74) is 2.47. The zero-order chi connectivity index (χ0) is 18.3. The molecule has 0 radical (unpaired) electrons. The second-order valence-corrected chi connectivity index (χ2v) is 8.41. The van der Waals surface area contributed by atoms with E-state index in [1.54, 1.807) is 15.9 Å². The third kappa shape index (κ3) is 3.12. The average Bonchev–Trinajstić information content (AvgIpc) is 3.17. The van der Waals surface area contributed by atoms with Crippen molar-refractivity contribution in [3.05, 3.63) is 46.1 Å². The van der Waals surface area contributed by atoms with E-state index in [0.29, 0.717) is 0 Å². The molecule has 5 nitrogen and oxygen atoms in total. The summed E-state index contributed by atoms with van der Waals surface area (Å²) in [6.45, 7) is 8.57. The van der Waals surface area contributed by atoms with Crippen molar-refractivity contribution in [3.8, 4) is 5.88 Å². The van der Waals surface area contributed by atoms with Crippen molar-refractivity contribution < 1.29 is 5.11 Å². The second kappa shape index (κ2) is 7.00. The fourth-order valence-corrected chi connectivity index (χ4v) is 4.91. The molecular formula is C20H26N4OS. The summed E-state index contributed by atoms with van der Waals surface area (Å²) in [6, 6.07) is 8.68. The maximum atomic E-state index is 10.9. The summed E-state index contributed by atoms with van der Waals surface area (Å²) in [5.74, 6) is 1.78. The average molecular weight is 371 g/mol. The van der Waals surface area contributed by atoms with E-state index >= 15 is 0 Å². The van der Waals surface area contributed by atoms with Gasteiger partial charge in [0.25, 0.3) is 0 Å². The Hall–Kier alpha value is -1.92. The summed E-state index contributed by atoms with van der Waals surface area (Å²) in [4.78, 5) is 8.78. The summed E-state index contributed by atoms with van der Waals surface area (Å²) in [7, 11) is 0. The lowest BCUT2D eigenvalue weighted by Gasteiger charge is -2.36. The van der Waals surface area contributed by atoms with Crippen LogP contribution in [0.1, 0.15) is 54.6 Å². The minimum atomic E-state index is 0.0565. The number of likely N-dealkylation sites (tertiary alicyclic amines) is 1. The molecule has 3 aromatic rings. The van der Waals surface area contributed by atoms with E-state index in [1.165, 1.54) is 24.0 Å². The molecule has 26 heavy (non-hydrogen) atoms. The van der Waals surface area contributed by atoms with Gasteiger partial charge >= 0.3 is 0 Å². The first kappa shape index (κ1) is 17.5. The lowest BCUT2D eigenvalue weighted by atomic mass is 9.94. The molecule has 1 aromatic carbocycles. The minimum Gasteiger partial charge on any atom is -0.492 e. The number of benzene rings is 1. The van der Waals surface area contributed by atoms with Gasteiger partial charge < -0.3 is 5.11 Å². The largest absolute Gasteiger partial charge is 0.492 e. The summed E-state index contributed by atoms with van der Waals surface area (Å²) >= 11 is 1.56. The highest BCUT2D eigenvalue weighted by Crippen LogP contribution is 2.41. The molecule has 6 heteroatoms. The van der Waals surface area contributed by atoms with Crippen LogP contribution >= 0.6 is 11.3 Å². The van der Waals surface area contributed by atoms with Gasteiger partial charge in [-0.05, 0) is 44.3 Å². The highest BCUT2D eigenvalue weighted by molar-refractivity contribution is 7.17. The Morgan fingerprint density at radius 3 is 2.73 bits per heavy atom. The van der Waals surface area contributed by atoms with Crippen molar-refractivity contribution in [1.29, 1.82) is 0 Å². The van der Waals surface area contributed by atoms with Gasteiger partial charge in [-0.25, -0.2) is 4.98 Å². The number of fused-ring (bicyclic) bond motifs is 1. The van der Waals surface area contributed by atoms with Crippen LogP contribution in [0.25, 0.3) is 4.96 Å². The molecule has 1 aliphatic rings. The third-order valence-electron chi connectivity index (χ3n) is 5.35. The Balaban J connectivity index is 1.79. The van der Waals surface area contributed by atoms with E-state index in [4.69, 9.17) is 0 Å². The predicted molar refractivity (Wildman–Crippen MR) is 105 cm³/mol. The molecule has 1 unspecified atom stereocenters. The number of rotatable bonds is 4. The van der Waals surface area contributed by atoms with Crippen molar-refractivity contribution in [2.45, 2.75) is 46.1 Å². The number of aryl methyl sites for hydroxylation is 2. The van der Waals surface area contributed by atoms with E-state index in [9.17, 15) is 5.11 Å². The number of hydrogen-bond acceptors (Lipinski definition) is 5. The zero-order valence-electron chi connectivity index (χ0n) is 15.6. The first-order valence-corrected chi connectivity index (χ1v) is 10.3. The van der Waals surface area contributed by atoms with Gasteiger partial charge in [-0.1, -0.05) is 55.0 Å². The summed E-state index contributed by atoms with van der Waals surface area (Å²) in [6.07, 6.45) is 3.17. The fraction of sp³-hybridized carbons (Fsp3) is 0.500. The molecule has 1 atom stereocenters. The fourth-order valence-electron chi connectivity index (χ4n) is 3.77. The number of thiazole rings is 1. The molecule has 0 bridgehead atoms. The van der Waals surface area contributed by atoms with Crippen LogP contribution in [0.5, 0.6) is 5.88 Å². The highest BCUT2D eigenvalue weighted by Gasteiger charge is 2.31. The Kier molecular flexibility index (Phi) is 4.71. The van der Waals surface area contributed by atoms with E-state index < -0.39 is 0 Å². The van der Waals surface area contributed by atoms with Gasteiger partial charge in [-0.3, -0.25) is 4.90 Å². The molecule has 0 aliphatic carbocycles. The smallest absolute Gasteiger partial charge is 0.230 e. The Bertz CT molecular complexity index is 908. The molecule has 1 N–H and O–H groups in total. The van der Waals surface area contributed by atoms with Crippen LogP contribution in [0.15, 0.2) is 24.3 Å². The molecule has 0 saturated carbocycles. The molecule has 1 saturated heterocycles. The Labute approximate surface area is 158 Å². The first-order chi connectivity index (χ1) is 12.6. The van der Waals surface area contributed by atoms with Crippen LogP contribution in [0.2, 0.25) is 0 Å². The topological polar surface area (TPSA) is 53.7 Å². The van der Waals surface area contributed by atoms with Crippen molar-refractivity contribution in [2.75, 3.05) is 13.1 Å². The predicted octanol–water partition coefficient (Wildman–Crippen LogP) is 4.19. The number of hydrogen-bond donors (Lipinski definition) is 1. The monoisotopic (exact) mass is 370 g/mol. The number of piperidine rings is 1. The quantitative estimate of drug-likeness (QED) is 0.748. The van der Waals surface area contributed by atoms with Gasteiger partial charge in [-0.2, -0.15) is 4.52 Å². The van der Waals surface area contributed by atoms with Crippen LogP contribution < -0.4 is 0 Å². The summed E-state index contributed by atoms with van der Waals surface area (Å²) < 4.78 is 1.61. The van der Waals surface area contributed by atoms with Crippen molar-refractivity contribution >= 4 is 16.3 Å². The van der Waals surface area contributed by atoms with Gasteiger partial charge in [0.15, 0.2) is 5.82 Å². The molecule has 2 aromatic heterocycles. The van der Waals surface area contributed by atoms with Crippen LogP contribution in [0.3, 0.4) is 0 Å². The van der Waals surface area contributed by atoms with Crippen LogP contribution in [0, 0.1) is 12.8 Å². The number of nitrogens with zero attached hydrogens (tertiary/aromatic N) is 4. The maximum Gasteiger partial charge on any atom is 0.230 e. The normalized spacial score (nSPS) is 17.8. The molecule has 0 spiro atoms. The van der Waals surface area contributed by atoms with Gasteiger partial charge in [0, 0.05) is 6.42 Å². The van der Waals surface area contributed by atoms with Crippen molar-refractivity contribution in [3.63, 3.8) is 0 Å². The van der Waals surface area contributed by atoms with Crippen molar-refractivity contribution in [2.24, 2.45) is 5.92 Å². The Morgan fingerprint density at radius 2 is 2.08 bits per heavy atom. The highest BCUT2D eigenvalue weighted by atomic mass is 32.1. The number of aromatic hydroxyl groups is 1. The molecule has 1 fully saturated rings. The minimum absolute atomic E-state index is 0.0565. The molecular weight excluding hydrogens is 344 g/mol. The van der Waals surface area contributed by atoms with Crippen LogP contribution in [-0.2, 0) is 6.42 Å². The molecule has 1 aliphatic heterocycles. The molecule has 4 rings (SSSR count). The van der Waals surface area contributed by atoms with E-state index in [0.717, 1.165) is 41.1 Å². The van der Waals surface area contributed by atoms with Gasteiger partial charge in [0.1, 0.15) is 0 Å². The lowest BCUT2D eigenvalue weighted by Crippen LogP contribution is -2.36. The first-order valence-electron chi connectivity index (χ1n) is 9.44. The van der Waals surface area contributed by atoms with Crippen LogP contribution in [0.4, 0.5) is 0 Å². The zero-order valence-corrected chi connectivity index (χ0v) is 16.5. The van der Waals surface area contributed by atoms with E-state index in [2.05, 4.69) is 53.1 Å². The van der Waals surface area contributed by atoms with Gasteiger partial charge in [0.2, 0.25) is 10.8 Å². The summed E-state index contributed by atoms with van der Waals surface area (Å²) in [5, 5.41) is 15.4. The number of aromatic nitrogens is 3. The SMILES string of the molecule is CCc1nc2sc(C(c3cccc(C)c3)N3CCC(C)CC3)c(O)n2n1. The van der Waals surface area contributed by atoms with Gasteiger partial charge in [-0.15, -0.1) is 5.10 Å². The molecule has 3 heterocycles. The molecule has 138 valence electrons.